The highest BCUT2D eigenvalue weighted by molar-refractivity contribution is 6.32. The lowest BCUT2D eigenvalue weighted by Gasteiger charge is -2.20. The van der Waals surface area contributed by atoms with E-state index in [2.05, 4.69) is 0 Å². The molecule has 0 bridgehead atoms. The first-order valence-corrected chi connectivity index (χ1v) is 8.62. The molecule has 1 saturated heterocycles. The van der Waals surface area contributed by atoms with E-state index in [0.717, 1.165) is 19.4 Å². The van der Waals surface area contributed by atoms with Gasteiger partial charge in [0.15, 0.2) is 18.1 Å². The average molecular weight is 404 g/mol. The maximum Gasteiger partial charge on any atom is 0.255 e. The van der Waals surface area contributed by atoms with Gasteiger partial charge in [0, 0.05) is 24.7 Å². The molecule has 1 aliphatic heterocycles. The van der Waals surface area contributed by atoms with Crippen molar-refractivity contribution in [2.75, 3.05) is 26.8 Å². The van der Waals surface area contributed by atoms with E-state index >= 15 is 0 Å². The Bertz CT molecular complexity index is 701. The SMILES string of the molecule is COc1cc(C(=O)N2CC3CCC(N)C3C2)cc(Cl)c1OCC(N)=O.Cl. The van der Waals surface area contributed by atoms with E-state index in [1.165, 1.54) is 13.2 Å². The molecule has 2 fully saturated rings. The largest absolute Gasteiger partial charge is 0.493 e. The summed E-state index contributed by atoms with van der Waals surface area (Å²) in [6, 6.07) is 3.26. The molecule has 3 rings (SSSR count). The van der Waals surface area contributed by atoms with E-state index in [1.807, 2.05) is 4.90 Å². The molecule has 3 unspecified atom stereocenters. The first kappa shape index (κ1) is 20.6. The number of ether oxygens (including phenoxy) is 2. The Morgan fingerprint density at radius 3 is 2.65 bits per heavy atom. The Kier molecular flexibility index (Phi) is 6.60. The van der Waals surface area contributed by atoms with Crippen molar-refractivity contribution in [3.05, 3.63) is 22.7 Å². The number of nitrogens with zero attached hydrogens (tertiary/aromatic N) is 1. The van der Waals surface area contributed by atoms with Crippen LogP contribution in [0, 0.1) is 11.8 Å². The van der Waals surface area contributed by atoms with Crippen LogP contribution in [0.4, 0.5) is 0 Å². The molecule has 1 aromatic carbocycles. The maximum atomic E-state index is 12.8. The molecule has 1 aromatic rings. The van der Waals surface area contributed by atoms with Crippen LogP contribution in [-0.4, -0.2) is 49.6 Å². The van der Waals surface area contributed by atoms with Gasteiger partial charge in [0.05, 0.1) is 12.1 Å². The lowest BCUT2D eigenvalue weighted by molar-refractivity contribution is -0.119. The fraction of sp³-hybridized carbons (Fsp3) is 0.529. The fourth-order valence-corrected chi connectivity index (χ4v) is 4.05. The summed E-state index contributed by atoms with van der Waals surface area (Å²) in [6.07, 6.45) is 2.10. The molecule has 0 radical (unpaired) electrons. The van der Waals surface area contributed by atoms with E-state index < -0.39 is 5.91 Å². The lowest BCUT2D eigenvalue weighted by Crippen LogP contribution is -2.33. The molecule has 1 aliphatic carbocycles. The summed E-state index contributed by atoms with van der Waals surface area (Å²) in [5.74, 6) is 0.600. The van der Waals surface area contributed by atoms with E-state index in [9.17, 15) is 9.59 Å². The Labute approximate surface area is 163 Å². The van der Waals surface area contributed by atoms with Gasteiger partial charge in [-0.2, -0.15) is 0 Å². The zero-order chi connectivity index (χ0) is 18.1. The molecule has 1 saturated carbocycles. The smallest absolute Gasteiger partial charge is 0.255 e. The number of benzene rings is 1. The van der Waals surface area contributed by atoms with Crippen molar-refractivity contribution in [2.24, 2.45) is 23.3 Å². The Balaban J connectivity index is 0.00000243. The van der Waals surface area contributed by atoms with Crippen molar-refractivity contribution >= 4 is 35.8 Å². The van der Waals surface area contributed by atoms with Crippen LogP contribution in [0.25, 0.3) is 0 Å². The van der Waals surface area contributed by atoms with Gasteiger partial charge in [-0.1, -0.05) is 11.6 Å². The van der Waals surface area contributed by atoms with E-state index in [4.69, 9.17) is 32.5 Å². The molecule has 9 heteroatoms. The number of carbonyl (C=O) groups is 2. The van der Waals surface area contributed by atoms with Gasteiger partial charge in [0.25, 0.3) is 11.8 Å². The number of primary amides is 1. The van der Waals surface area contributed by atoms with Gasteiger partial charge in [-0.3, -0.25) is 9.59 Å². The van der Waals surface area contributed by atoms with Crippen molar-refractivity contribution in [3.63, 3.8) is 0 Å². The maximum absolute atomic E-state index is 12.8. The number of hydrogen-bond donors (Lipinski definition) is 2. The van der Waals surface area contributed by atoms with Crippen LogP contribution < -0.4 is 20.9 Å². The number of methoxy groups -OCH3 is 1. The summed E-state index contributed by atoms with van der Waals surface area (Å²) < 4.78 is 10.5. The average Bonchev–Trinajstić information content (AvgIpc) is 3.14. The highest BCUT2D eigenvalue weighted by Crippen LogP contribution is 2.40. The van der Waals surface area contributed by atoms with Crippen molar-refractivity contribution in [1.82, 2.24) is 4.90 Å². The third kappa shape index (κ3) is 4.00. The third-order valence-electron chi connectivity index (χ3n) is 5.03. The fourth-order valence-electron chi connectivity index (χ4n) is 3.78. The minimum atomic E-state index is -0.627. The zero-order valence-corrected chi connectivity index (χ0v) is 16.0. The lowest BCUT2D eigenvalue weighted by atomic mass is 9.98. The van der Waals surface area contributed by atoms with Crippen molar-refractivity contribution in [3.8, 4) is 11.5 Å². The molecule has 4 N–H and O–H groups in total. The van der Waals surface area contributed by atoms with E-state index in [-0.39, 0.29) is 47.5 Å². The second-order valence-electron chi connectivity index (χ2n) is 6.62. The summed E-state index contributed by atoms with van der Waals surface area (Å²) in [7, 11) is 1.44. The number of likely N-dealkylation sites (tertiary alicyclic amines) is 1. The quantitative estimate of drug-likeness (QED) is 0.772. The highest BCUT2D eigenvalue weighted by Gasteiger charge is 2.42. The summed E-state index contributed by atoms with van der Waals surface area (Å²) in [5.41, 5.74) is 11.6. The highest BCUT2D eigenvalue weighted by atomic mass is 35.5. The number of hydrogen-bond acceptors (Lipinski definition) is 5. The summed E-state index contributed by atoms with van der Waals surface area (Å²) in [5, 5.41) is 0.194. The van der Waals surface area contributed by atoms with Gasteiger partial charge >= 0.3 is 0 Å². The minimum absolute atomic E-state index is 0. The second-order valence-corrected chi connectivity index (χ2v) is 7.03. The molecule has 0 spiro atoms. The van der Waals surface area contributed by atoms with Crippen LogP contribution in [0.3, 0.4) is 0 Å². The van der Waals surface area contributed by atoms with Gasteiger partial charge in [0.1, 0.15) is 0 Å². The van der Waals surface area contributed by atoms with Gasteiger partial charge in [-0.05, 0) is 36.8 Å². The number of nitrogens with two attached hydrogens (primary N) is 2. The van der Waals surface area contributed by atoms with Crippen LogP contribution in [0.1, 0.15) is 23.2 Å². The van der Waals surface area contributed by atoms with Crippen LogP contribution in [-0.2, 0) is 4.79 Å². The van der Waals surface area contributed by atoms with Gasteiger partial charge in [-0.25, -0.2) is 0 Å². The number of carbonyl (C=O) groups excluding carboxylic acids is 2. The number of halogens is 2. The molecule has 1 heterocycles. The zero-order valence-electron chi connectivity index (χ0n) is 14.4. The van der Waals surface area contributed by atoms with E-state index in [0.29, 0.717) is 23.9 Å². The number of amides is 2. The van der Waals surface area contributed by atoms with E-state index in [1.54, 1.807) is 6.07 Å². The normalized spacial score (nSPS) is 24.0. The topological polar surface area (TPSA) is 108 Å². The molecule has 26 heavy (non-hydrogen) atoms. The van der Waals surface area contributed by atoms with Crippen molar-refractivity contribution in [1.29, 1.82) is 0 Å². The van der Waals surface area contributed by atoms with Crippen LogP contribution in [0.15, 0.2) is 12.1 Å². The standard InChI is InChI=1S/C17H22ClN3O4.ClH/c1-24-14-5-10(4-12(18)16(14)25-8-15(20)22)17(23)21-6-9-2-3-13(19)11(9)7-21;/h4-5,9,11,13H,2-3,6-8,19H2,1H3,(H2,20,22);1H. The van der Waals surface area contributed by atoms with Gasteiger partial charge < -0.3 is 25.8 Å². The molecular weight excluding hydrogens is 381 g/mol. The molecule has 0 aromatic heterocycles. The predicted octanol–water partition coefficient (Wildman–Crippen LogP) is 1.44. The molecule has 7 nitrogen and oxygen atoms in total. The van der Waals surface area contributed by atoms with Crippen molar-refractivity contribution in [2.45, 2.75) is 18.9 Å². The molecule has 3 atom stereocenters. The number of fused-ring (bicyclic) bond motifs is 1. The first-order chi connectivity index (χ1) is 11.9. The molecule has 2 amide bonds. The summed E-state index contributed by atoms with van der Waals surface area (Å²) >= 11 is 6.22. The van der Waals surface area contributed by atoms with Crippen LogP contribution >= 0.6 is 24.0 Å². The predicted molar refractivity (Wildman–Crippen MR) is 100 cm³/mol. The third-order valence-corrected chi connectivity index (χ3v) is 5.32. The van der Waals surface area contributed by atoms with Crippen LogP contribution in [0.2, 0.25) is 5.02 Å². The monoisotopic (exact) mass is 403 g/mol. The molecule has 2 aliphatic rings. The number of rotatable bonds is 5. The Hall–Kier alpha value is -1.70. The molecular formula is C17H23Cl2N3O4. The summed E-state index contributed by atoms with van der Waals surface area (Å²) in [6.45, 7) is 1.07. The summed E-state index contributed by atoms with van der Waals surface area (Å²) in [4.78, 5) is 25.6. The molecule has 144 valence electrons. The van der Waals surface area contributed by atoms with Gasteiger partial charge in [-0.15, -0.1) is 12.4 Å². The Morgan fingerprint density at radius 2 is 2.04 bits per heavy atom. The van der Waals surface area contributed by atoms with Gasteiger partial charge in [0.2, 0.25) is 0 Å². The Morgan fingerprint density at radius 1 is 1.31 bits per heavy atom. The minimum Gasteiger partial charge on any atom is -0.493 e. The van der Waals surface area contributed by atoms with Crippen LogP contribution in [0.5, 0.6) is 11.5 Å². The second kappa shape index (κ2) is 8.33. The van der Waals surface area contributed by atoms with Crippen molar-refractivity contribution < 1.29 is 19.1 Å². The first-order valence-electron chi connectivity index (χ1n) is 8.24.